The lowest BCUT2D eigenvalue weighted by atomic mass is 9.94. The first-order valence-electron chi connectivity index (χ1n) is 9.26. The topological polar surface area (TPSA) is 130 Å². The van der Waals surface area contributed by atoms with Gasteiger partial charge in [-0.05, 0) is 55.4 Å². The number of nitrogens with zero attached hydrogens (tertiary/aromatic N) is 2. The molecule has 1 aliphatic heterocycles. The SMILES string of the molecule is CC(C)OC(=O)[C@H](C)OC(=O)C1=C(C(=O)O[C@@H](C)C(=O)OC(C)C)C(C)(C)N=N1. The van der Waals surface area contributed by atoms with E-state index in [0.29, 0.717) is 0 Å². The molecule has 0 saturated heterocycles. The molecule has 0 N–H and O–H groups in total. The van der Waals surface area contributed by atoms with E-state index in [-0.39, 0.29) is 17.8 Å². The van der Waals surface area contributed by atoms with Crippen LogP contribution in [0.4, 0.5) is 0 Å². The van der Waals surface area contributed by atoms with Gasteiger partial charge in [-0.25, -0.2) is 19.2 Å². The monoisotopic (exact) mass is 412 g/mol. The van der Waals surface area contributed by atoms with Crippen molar-refractivity contribution in [2.45, 2.75) is 85.3 Å². The van der Waals surface area contributed by atoms with Crippen molar-refractivity contribution in [3.63, 3.8) is 0 Å². The third-order valence-electron chi connectivity index (χ3n) is 3.58. The Bertz CT molecular complexity index is 736. The summed E-state index contributed by atoms with van der Waals surface area (Å²) in [7, 11) is 0. The molecule has 0 aromatic heterocycles. The molecule has 0 bridgehead atoms. The number of carbonyl (C=O) groups excluding carboxylic acids is 4. The average molecular weight is 412 g/mol. The van der Waals surface area contributed by atoms with Crippen molar-refractivity contribution in [3.8, 4) is 0 Å². The summed E-state index contributed by atoms with van der Waals surface area (Å²) < 4.78 is 20.1. The van der Waals surface area contributed by atoms with Crippen molar-refractivity contribution >= 4 is 23.9 Å². The molecular weight excluding hydrogens is 384 g/mol. The Balaban J connectivity index is 3.00. The Morgan fingerprint density at radius 1 is 0.724 bits per heavy atom. The zero-order valence-electron chi connectivity index (χ0n) is 18.0. The zero-order valence-corrected chi connectivity index (χ0v) is 18.0. The lowest BCUT2D eigenvalue weighted by Crippen LogP contribution is -2.34. The Labute approximate surface area is 169 Å². The van der Waals surface area contributed by atoms with Crippen molar-refractivity contribution in [2.75, 3.05) is 0 Å². The van der Waals surface area contributed by atoms with E-state index >= 15 is 0 Å². The molecule has 0 saturated carbocycles. The van der Waals surface area contributed by atoms with Gasteiger partial charge in [0.05, 0.1) is 12.2 Å². The van der Waals surface area contributed by atoms with Crippen molar-refractivity contribution in [1.82, 2.24) is 0 Å². The van der Waals surface area contributed by atoms with Crippen molar-refractivity contribution in [2.24, 2.45) is 10.2 Å². The van der Waals surface area contributed by atoms with Gasteiger partial charge in [0.25, 0.3) is 0 Å². The highest BCUT2D eigenvalue weighted by molar-refractivity contribution is 6.03. The minimum atomic E-state index is -1.21. The number of ether oxygens (including phenoxy) is 4. The van der Waals surface area contributed by atoms with Gasteiger partial charge >= 0.3 is 23.9 Å². The summed E-state index contributed by atoms with van der Waals surface area (Å²) in [4.78, 5) is 48.8. The molecule has 0 aromatic carbocycles. The van der Waals surface area contributed by atoms with Crippen LogP contribution in [-0.4, -0.2) is 53.8 Å². The summed E-state index contributed by atoms with van der Waals surface area (Å²) in [5.74, 6) is -3.46. The van der Waals surface area contributed by atoms with Gasteiger partial charge in [-0.2, -0.15) is 5.11 Å². The van der Waals surface area contributed by atoms with E-state index in [1.165, 1.54) is 13.8 Å². The summed E-state index contributed by atoms with van der Waals surface area (Å²) in [5, 5.41) is 7.62. The van der Waals surface area contributed by atoms with Crippen LogP contribution in [-0.2, 0) is 38.1 Å². The van der Waals surface area contributed by atoms with Crippen LogP contribution in [0, 0.1) is 0 Å². The maximum Gasteiger partial charge on any atom is 0.360 e. The van der Waals surface area contributed by atoms with Crippen LogP contribution in [0.15, 0.2) is 21.5 Å². The third kappa shape index (κ3) is 6.65. The predicted octanol–water partition coefficient (Wildman–Crippen LogP) is 2.25. The minimum absolute atomic E-state index is 0.184. The van der Waals surface area contributed by atoms with Crippen LogP contribution in [0.25, 0.3) is 0 Å². The summed E-state index contributed by atoms with van der Waals surface area (Å²) >= 11 is 0. The average Bonchev–Trinajstić information content (AvgIpc) is 2.88. The normalized spacial score (nSPS) is 17.2. The summed E-state index contributed by atoms with van der Waals surface area (Å²) in [6, 6.07) is 0. The first-order chi connectivity index (χ1) is 13.3. The van der Waals surface area contributed by atoms with E-state index in [9.17, 15) is 19.2 Å². The summed E-state index contributed by atoms with van der Waals surface area (Å²) in [5.41, 5.74) is -1.76. The van der Waals surface area contributed by atoms with Crippen LogP contribution in [0.5, 0.6) is 0 Å². The molecular formula is C19H28N2O8. The van der Waals surface area contributed by atoms with Crippen molar-refractivity contribution < 1.29 is 38.1 Å². The van der Waals surface area contributed by atoms with Gasteiger partial charge in [0.1, 0.15) is 11.1 Å². The molecule has 2 atom stereocenters. The van der Waals surface area contributed by atoms with Crippen LogP contribution in [0.1, 0.15) is 55.4 Å². The van der Waals surface area contributed by atoms with E-state index < -0.39 is 47.3 Å². The Morgan fingerprint density at radius 2 is 1.14 bits per heavy atom. The molecule has 1 heterocycles. The maximum absolute atomic E-state index is 12.6. The highest BCUT2D eigenvalue weighted by Gasteiger charge is 2.42. The van der Waals surface area contributed by atoms with Crippen LogP contribution in [0.3, 0.4) is 0 Å². The lowest BCUT2D eigenvalue weighted by molar-refractivity contribution is -0.168. The molecule has 10 nitrogen and oxygen atoms in total. The fourth-order valence-corrected chi connectivity index (χ4v) is 2.24. The van der Waals surface area contributed by atoms with Gasteiger partial charge in [0, 0.05) is 0 Å². The van der Waals surface area contributed by atoms with E-state index in [0.717, 1.165) is 0 Å². The molecule has 1 rings (SSSR count). The number of hydrogen-bond donors (Lipinski definition) is 0. The molecule has 0 aliphatic carbocycles. The summed E-state index contributed by atoms with van der Waals surface area (Å²) in [6.07, 6.45) is -3.18. The standard InChI is InChI=1S/C19H28N2O8/c1-9(2)26-15(22)11(5)28-17(24)13-14(20-21-19(13,7)8)18(25)29-12(6)16(23)27-10(3)4/h9-12H,1-8H3/t11-,12-/m0/s1. The van der Waals surface area contributed by atoms with Gasteiger partial charge in [0.2, 0.25) is 0 Å². The molecule has 0 unspecified atom stereocenters. The highest BCUT2D eigenvalue weighted by Crippen LogP contribution is 2.33. The largest absolute Gasteiger partial charge is 0.460 e. The zero-order chi connectivity index (χ0) is 22.5. The van der Waals surface area contributed by atoms with Gasteiger partial charge in [-0.15, -0.1) is 5.11 Å². The molecule has 0 spiro atoms. The molecule has 0 amide bonds. The number of azo groups is 1. The van der Waals surface area contributed by atoms with Crippen LogP contribution < -0.4 is 0 Å². The predicted molar refractivity (Wildman–Crippen MR) is 99.5 cm³/mol. The molecule has 0 fully saturated rings. The van der Waals surface area contributed by atoms with Crippen molar-refractivity contribution in [1.29, 1.82) is 0 Å². The fraction of sp³-hybridized carbons (Fsp3) is 0.684. The van der Waals surface area contributed by atoms with Gasteiger partial charge in [0.15, 0.2) is 17.9 Å². The summed E-state index contributed by atoms with van der Waals surface area (Å²) in [6.45, 7) is 12.4. The Kier molecular flexibility index (Phi) is 8.05. The van der Waals surface area contributed by atoms with E-state index in [4.69, 9.17) is 18.9 Å². The maximum atomic E-state index is 12.6. The first kappa shape index (κ1) is 24.3. The molecule has 0 aromatic rings. The fourth-order valence-electron chi connectivity index (χ4n) is 2.24. The second kappa shape index (κ2) is 9.62. The quantitative estimate of drug-likeness (QED) is 0.438. The van der Waals surface area contributed by atoms with Gasteiger partial charge < -0.3 is 18.9 Å². The third-order valence-corrected chi connectivity index (χ3v) is 3.58. The Hall–Kier alpha value is -2.78. The van der Waals surface area contributed by atoms with E-state index in [2.05, 4.69) is 10.2 Å². The molecule has 29 heavy (non-hydrogen) atoms. The molecule has 1 aliphatic rings. The Morgan fingerprint density at radius 3 is 1.55 bits per heavy atom. The number of carbonyl (C=O) groups is 4. The number of hydrogen-bond acceptors (Lipinski definition) is 10. The second-order valence-corrected chi connectivity index (χ2v) is 7.55. The minimum Gasteiger partial charge on any atom is -0.460 e. The first-order valence-corrected chi connectivity index (χ1v) is 9.26. The lowest BCUT2D eigenvalue weighted by Gasteiger charge is -2.20. The molecule has 162 valence electrons. The van der Waals surface area contributed by atoms with E-state index in [1.807, 2.05) is 0 Å². The second-order valence-electron chi connectivity index (χ2n) is 7.55. The highest BCUT2D eigenvalue weighted by atomic mass is 16.6. The smallest absolute Gasteiger partial charge is 0.360 e. The van der Waals surface area contributed by atoms with Crippen LogP contribution >= 0.6 is 0 Å². The number of rotatable bonds is 8. The van der Waals surface area contributed by atoms with Crippen molar-refractivity contribution in [3.05, 3.63) is 11.3 Å². The molecule has 10 heteroatoms. The van der Waals surface area contributed by atoms with Crippen LogP contribution in [0.2, 0.25) is 0 Å². The number of esters is 4. The molecule has 0 radical (unpaired) electrons. The van der Waals surface area contributed by atoms with E-state index in [1.54, 1.807) is 41.5 Å². The van der Waals surface area contributed by atoms with Gasteiger partial charge in [-0.1, -0.05) is 0 Å². The van der Waals surface area contributed by atoms with Gasteiger partial charge in [-0.3, -0.25) is 0 Å².